The molecule has 0 nitrogen and oxygen atoms in total. The van der Waals surface area contributed by atoms with Crippen LogP contribution < -0.4 is 0 Å². The van der Waals surface area contributed by atoms with Gasteiger partial charge >= 0.3 is 0 Å². The lowest BCUT2D eigenvalue weighted by molar-refractivity contribution is 0.627. The molecule has 0 N–H and O–H groups in total. The van der Waals surface area contributed by atoms with Crippen molar-refractivity contribution in [3.63, 3.8) is 0 Å². The Hall–Kier alpha value is -0.240. The summed E-state index contributed by atoms with van der Waals surface area (Å²) in [4.78, 5) is 0. The summed E-state index contributed by atoms with van der Waals surface area (Å²) in [6, 6.07) is 6.03. The monoisotopic (exact) mass is 252 g/mol. The van der Waals surface area contributed by atoms with Gasteiger partial charge in [0.15, 0.2) is 3.79 Å². The Morgan fingerprint density at radius 2 is 2.00 bits per heavy atom. The van der Waals surface area contributed by atoms with Crippen LogP contribution in [0.1, 0.15) is 12.0 Å². The van der Waals surface area contributed by atoms with Crippen molar-refractivity contribution in [1.82, 2.24) is 0 Å². The van der Waals surface area contributed by atoms with E-state index in [-0.39, 0.29) is 12.2 Å². The molecule has 1 aromatic carbocycles. The van der Waals surface area contributed by atoms with Crippen LogP contribution in [0.5, 0.6) is 0 Å². The molecule has 4 heteroatoms. The molecule has 0 radical (unpaired) electrons. The van der Waals surface area contributed by atoms with Crippen LogP contribution >= 0.6 is 34.8 Å². The summed E-state index contributed by atoms with van der Waals surface area (Å²) in [7, 11) is 0. The summed E-state index contributed by atoms with van der Waals surface area (Å²) < 4.78 is 11.4. The average Bonchev–Trinajstić information content (AvgIpc) is 2.01. The zero-order valence-electron chi connectivity index (χ0n) is 7.24. The van der Waals surface area contributed by atoms with Crippen LogP contribution in [-0.2, 0) is 0 Å². The molecule has 14 heavy (non-hydrogen) atoms. The second-order valence-electron chi connectivity index (χ2n) is 2.91. The highest BCUT2D eigenvalue weighted by atomic mass is 35.6. The van der Waals surface area contributed by atoms with E-state index in [4.69, 9.17) is 34.8 Å². The molecule has 0 aliphatic rings. The van der Waals surface area contributed by atoms with Crippen LogP contribution in [0.25, 0.3) is 5.57 Å². The van der Waals surface area contributed by atoms with Gasteiger partial charge in [0.25, 0.3) is 0 Å². The number of alkyl halides is 3. The zero-order chi connectivity index (χ0) is 10.8. The Balaban J connectivity index is 2.80. The van der Waals surface area contributed by atoms with E-state index in [0.29, 0.717) is 11.1 Å². The molecular weight excluding hydrogens is 245 g/mol. The van der Waals surface area contributed by atoms with E-state index in [0.717, 1.165) is 0 Å². The second kappa shape index (κ2) is 4.52. The van der Waals surface area contributed by atoms with Gasteiger partial charge in [-0.05, 0) is 23.3 Å². The summed E-state index contributed by atoms with van der Waals surface area (Å²) in [6.45, 7) is 3.73. The van der Waals surface area contributed by atoms with Crippen molar-refractivity contribution in [2.24, 2.45) is 0 Å². The van der Waals surface area contributed by atoms with Crippen LogP contribution in [0, 0.1) is 5.82 Å². The maximum atomic E-state index is 12.8. The fourth-order valence-electron chi connectivity index (χ4n) is 1.05. The summed E-state index contributed by atoms with van der Waals surface area (Å²) >= 11 is 16.8. The minimum absolute atomic E-state index is 0.182. The lowest BCUT2D eigenvalue weighted by Crippen LogP contribution is -2.02. The predicted molar refractivity (Wildman–Crippen MR) is 60.3 cm³/mol. The van der Waals surface area contributed by atoms with Gasteiger partial charge in [-0.25, -0.2) is 4.39 Å². The van der Waals surface area contributed by atoms with Crippen molar-refractivity contribution >= 4 is 40.4 Å². The van der Waals surface area contributed by atoms with Crippen molar-refractivity contribution in [2.75, 3.05) is 0 Å². The van der Waals surface area contributed by atoms with Gasteiger partial charge in [0.2, 0.25) is 0 Å². The van der Waals surface area contributed by atoms with Crippen LogP contribution in [0.15, 0.2) is 30.8 Å². The van der Waals surface area contributed by atoms with Crippen LogP contribution in [0.2, 0.25) is 0 Å². The number of halogens is 4. The van der Waals surface area contributed by atoms with Gasteiger partial charge in [0, 0.05) is 6.42 Å². The van der Waals surface area contributed by atoms with E-state index in [2.05, 4.69) is 6.58 Å². The molecular formula is C10H8Cl3F. The Kier molecular flexibility index (Phi) is 3.82. The molecule has 0 bridgehead atoms. The SMILES string of the molecule is C=C(CC(Cl)(Cl)Cl)c1cccc(F)c1. The Morgan fingerprint density at radius 1 is 1.36 bits per heavy atom. The molecule has 0 saturated heterocycles. The molecule has 0 saturated carbocycles. The van der Waals surface area contributed by atoms with Crippen molar-refractivity contribution in [1.29, 1.82) is 0 Å². The maximum absolute atomic E-state index is 12.8. The first kappa shape index (κ1) is 11.8. The minimum Gasteiger partial charge on any atom is -0.207 e. The molecule has 0 aromatic heterocycles. The fraction of sp³-hybridized carbons (Fsp3) is 0.200. The summed E-state index contributed by atoms with van der Waals surface area (Å²) in [5, 5.41) is 0. The third kappa shape index (κ3) is 3.87. The molecule has 0 aliphatic carbocycles. The topological polar surface area (TPSA) is 0 Å². The molecule has 0 unspecified atom stereocenters. The molecule has 0 atom stereocenters. The first-order valence-electron chi connectivity index (χ1n) is 3.89. The molecule has 0 heterocycles. The van der Waals surface area contributed by atoms with E-state index < -0.39 is 3.79 Å². The van der Waals surface area contributed by atoms with Crippen LogP contribution in [-0.4, -0.2) is 3.79 Å². The van der Waals surface area contributed by atoms with Gasteiger partial charge in [0.1, 0.15) is 5.82 Å². The van der Waals surface area contributed by atoms with E-state index in [1.807, 2.05) is 0 Å². The Labute approximate surface area is 97.3 Å². The smallest absolute Gasteiger partial charge is 0.194 e. The zero-order valence-corrected chi connectivity index (χ0v) is 9.50. The number of allylic oxidation sites excluding steroid dienone is 1. The molecule has 0 spiro atoms. The highest BCUT2D eigenvalue weighted by Crippen LogP contribution is 2.35. The Morgan fingerprint density at radius 3 is 2.50 bits per heavy atom. The minimum atomic E-state index is -1.39. The normalized spacial score (nSPS) is 11.4. The van der Waals surface area contributed by atoms with Crippen LogP contribution in [0.3, 0.4) is 0 Å². The van der Waals surface area contributed by atoms with Crippen LogP contribution in [0.4, 0.5) is 4.39 Å². The highest BCUT2D eigenvalue weighted by molar-refractivity contribution is 6.67. The van der Waals surface area contributed by atoms with Gasteiger partial charge < -0.3 is 0 Å². The van der Waals surface area contributed by atoms with E-state index in [1.165, 1.54) is 12.1 Å². The predicted octanol–water partition coefficient (Wildman–Crippen LogP) is 4.60. The third-order valence-electron chi connectivity index (χ3n) is 1.65. The fourth-order valence-corrected chi connectivity index (χ4v) is 1.54. The van der Waals surface area contributed by atoms with Gasteiger partial charge in [0.05, 0.1) is 0 Å². The molecule has 0 fully saturated rings. The van der Waals surface area contributed by atoms with E-state index >= 15 is 0 Å². The third-order valence-corrected chi connectivity index (χ3v) is 2.05. The lowest BCUT2D eigenvalue weighted by atomic mass is 10.1. The van der Waals surface area contributed by atoms with Crippen molar-refractivity contribution in [2.45, 2.75) is 10.2 Å². The number of hydrogen-bond donors (Lipinski definition) is 0. The van der Waals surface area contributed by atoms with Gasteiger partial charge in [-0.2, -0.15) is 0 Å². The summed E-state index contributed by atoms with van der Waals surface area (Å²) in [5.74, 6) is -0.326. The van der Waals surface area contributed by atoms with Crippen molar-refractivity contribution in [3.05, 3.63) is 42.2 Å². The standard InChI is InChI=1S/C10H8Cl3F/c1-7(6-10(11,12)13)8-3-2-4-9(14)5-8/h2-5H,1,6H2. The van der Waals surface area contributed by atoms with Crippen molar-refractivity contribution in [3.8, 4) is 0 Å². The molecule has 0 aliphatic heterocycles. The van der Waals surface area contributed by atoms with Gasteiger partial charge in [-0.3, -0.25) is 0 Å². The quantitative estimate of drug-likeness (QED) is 0.676. The van der Waals surface area contributed by atoms with Gasteiger partial charge in [-0.15, -0.1) is 0 Å². The number of benzene rings is 1. The number of hydrogen-bond acceptors (Lipinski definition) is 0. The highest BCUT2D eigenvalue weighted by Gasteiger charge is 2.21. The largest absolute Gasteiger partial charge is 0.207 e. The number of rotatable bonds is 2. The summed E-state index contributed by atoms with van der Waals surface area (Å²) in [5.41, 5.74) is 1.25. The first-order chi connectivity index (χ1) is 6.38. The first-order valence-corrected chi connectivity index (χ1v) is 5.02. The van der Waals surface area contributed by atoms with Crippen molar-refractivity contribution < 1.29 is 4.39 Å². The molecule has 76 valence electrons. The van der Waals surface area contributed by atoms with E-state index in [9.17, 15) is 4.39 Å². The van der Waals surface area contributed by atoms with E-state index in [1.54, 1.807) is 12.1 Å². The molecule has 1 aromatic rings. The average molecular weight is 254 g/mol. The van der Waals surface area contributed by atoms with Gasteiger partial charge in [-0.1, -0.05) is 53.5 Å². The molecule has 0 amide bonds. The lowest BCUT2D eigenvalue weighted by Gasteiger charge is -2.12. The molecule has 1 rings (SSSR count). The Bertz CT molecular complexity index is 341. The second-order valence-corrected chi connectivity index (χ2v) is 5.42. The maximum Gasteiger partial charge on any atom is 0.194 e. The summed E-state index contributed by atoms with van der Waals surface area (Å²) in [6.07, 6.45) is 0.182.